The van der Waals surface area contributed by atoms with Crippen LogP contribution in [0.2, 0.25) is 0 Å². The smallest absolute Gasteiger partial charge is 0.0950 e. The number of rotatable bonds is 3. The maximum atomic E-state index is 7.41. The van der Waals surface area contributed by atoms with Crippen molar-refractivity contribution in [2.45, 2.75) is 13.0 Å². The summed E-state index contributed by atoms with van der Waals surface area (Å²) in [4.78, 5) is 2.36. The van der Waals surface area contributed by atoms with Crippen molar-refractivity contribution in [1.82, 2.24) is 4.90 Å². The Hall–Kier alpha value is -1.06. The third-order valence-electron chi connectivity index (χ3n) is 2.96. The van der Waals surface area contributed by atoms with E-state index in [0.29, 0.717) is 5.84 Å². The molecule has 0 saturated carbocycles. The lowest BCUT2D eigenvalue weighted by atomic mass is 10.1. The first kappa shape index (κ1) is 13.0. The lowest BCUT2D eigenvalue weighted by molar-refractivity contribution is 0.326. The SMILES string of the molecule is Cl.N=C(N)C1CCN(Cc2ccccc2)C1. The largest absolute Gasteiger partial charge is 0.387 e. The van der Waals surface area contributed by atoms with Gasteiger partial charge in [0.1, 0.15) is 0 Å². The molecule has 0 spiro atoms. The number of amidine groups is 1. The zero-order chi connectivity index (χ0) is 10.7. The summed E-state index contributed by atoms with van der Waals surface area (Å²) in [6, 6.07) is 10.4. The Labute approximate surface area is 103 Å². The number of benzene rings is 1. The van der Waals surface area contributed by atoms with E-state index in [0.717, 1.165) is 26.1 Å². The second-order valence-corrected chi connectivity index (χ2v) is 4.16. The molecule has 88 valence electrons. The molecular formula is C12H18ClN3. The van der Waals surface area contributed by atoms with Gasteiger partial charge < -0.3 is 5.73 Å². The molecule has 3 N–H and O–H groups in total. The fraction of sp³-hybridized carbons (Fsp3) is 0.417. The van der Waals surface area contributed by atoms with Crippen LogP contribution in [0, 0.1) is 11.3 Å². The van der Waals surface area contributed by atoms with Crippen LogP contribution in [-0.2, 0) is 6.54 Å². The van der Waals surface area contributed by atoms with Gasteiger partial charge in [0.15, 0.2) is 0 Å². The van der Waals surface area contributed by atoms with E-state index in [9.17, 15) is 0 Å². The molecule has 3 nitrogen and oxygen atoms in total. The molecule has 1 aliphatic heterocycles. The highest BCUT2D eigenvalue weighted by atomic mass is 35.5. The van der Waals surface area contributed by atoms with Gasteiger partial charge in [-0.1, -0.05) is 30.3 Å². The molecule has 0 bridgehead atoms. The number of hydrogen-bond donors (Lipinski definition) is 2. The predicted octanol–water partition coefficient (Wildman–Crippen LogP) is 1.87. The molecule has 0 radical (unpaired) electrons. The Balaban J connectivity index is 0.00000128. The summed E-state index contributed by atoms with van der Waals surface area (Å²) in [6.07, 6.45) is 1.03. The number of halogens is 1. The van der Waals surface area contributed by atoms with Gasteiger partial charge in [0.2, 0.25) is 0 Å². The standard InChI is InChI=1S/C12H17N3.ClH/c13-12(14)11-6-7-15(9-11)8-10-4-2-1-3-5-10;/h1-5,11H,6-9H2,(H3,13,14);1H. The van der Waals surface area contributed by atoms with Gasteiger partial charge in [-0.25, -0.2) is 0 Å². The third kappa shape index (κ3) is 3.22. The van der Waals surface area contributed by atoms with Crippen molar-refractivity contribution in [2.24, 2.45) is 11.7 Å². The average Bonchev–Trinajstić information content (AvgIpc) is 2.68. The summed E-state index contributed by atoms with van der Waals surface area (Å²) in [5.41, 5.74) is 6.84. The van der Waals surface area contributed by atoms with Crippen LogP contribution < -0.4 is 5.73 Å². The number of nitrogens with zero attached hydrogens (tertiary/aromatic N) is 1. The second-order valence-electron chi connectivity index (χ2n) is 4.16. The summed E-state index contributed by atoms with van der Waals surface area (Å²) < 4.78 is 0. The molecule has 4 heteroatoms. The summed E-state index contributed by atoms with van der Waals surface area (Å²) in [5.74, 6) is 0.610. The van der Waals surface area contributed by atoms with Crippen molar-refractivity contribution in [2.75, 3.05) is 13.1 Å². The average molecular weight is 240 g/mol. The summed E-state index contributed by atoms with van der Waals surface area (Å²) in [5, 5.41) is 7.41. The molecule has 1 aliphatic rings. The molecule has 0 aliphatic carbocycles. The van der Waals surface area contributed by atoms with E-state index in [1.165, 1.54) is 5.56 Å². The Morgan fingerprint density at radius 3 is 2.62 bits per heavy atom. The first-order valence-electron chi connectivity index (χ1n) is 5.36. The Kier molecular flexibility index (Phi) is 4.77. The van der Waals surface area contributed by atoms with Crippen LogP contribution in [0.4, 0.5) is 0 Å². The Morgan fingerprint density at radius 2 is 2.06 bits per heavy atom. The van der Waals surface area contributed by atoms with Gasteiger partial charge in [0, 0.05) is 19.0 Å². The van der Waals surface area contributed by atoms with E-state index in [-0.39, 0.29) is 18.3 Å². The number of likely N-dealkylation sites (tertiary alicyclic amines) is 1. The highest BCUT2D eigenvalue weighted by Gasteiger charge is 2.24. The van der Waals surface area contributed by atoms with Crippen molar-refractivity contribution in [3.8, 4) is 0 Å². The minimum Gasteiger partial charge on any atom is -0.387 e. The van der Waals surface area contributed by atoms with Gasteiger partial charge in [-0.2, -0.15) is 0 Å². The maximum absolute atomic E-state index is 7.41. The zero-order valence-corrected chi connectivity index (χ0v) is 10.0. The Bertz CT molecular complexity index is 339. The van der Waals surface area contributed by atoms with E-state index in [1.54, 1.807) is 0 Å². The maximum Gasteiger partial charge on any atom is 0.0950 e. The number of nitrogens with two attached hydrogens (primary N) is 1. The first-order chi connectivity index (χ1) is 7.25. The van der Waals surface area contributed by atoms with Gasteiger partial charge in [0.05, 0.1) is 5.84 Å². The van der Waals surface area contributed by atoms with Gasteiger partial charge in [0.25, 0.3) is 0 Å². The van der Waals surface area contributed by atoms with Crippen molar-refractivity contribution >= 4 is 18.2 Å². The van der Waals surface area contributed by atoms with E-state index in [1.807, 2.05) is 6.07 Å². The van der Waals surface area contributed by atoms with Crippen LogP contribution in [0.1, 0.15) is 12.0 Å². The normalized spacial score (nSPS) is 20.4. The van der Waals surface area contributed by atoms with Gasteiger partial charge in [-0.15, -0.1) is 12.4 Å². The van der Waals surface area contributed by atoms with Gasteiger partial charge in [-0.05, 0) is 18.5 Å². The fourth-order valence-corrected chi connectivity index (χ4v) is 2.07. The molecule has 1 aromatic carbocycles. The minimum atomic E-state index is 0. The molecule has 1 unspecified atom stereocenters. The third-order valence-corrected chi connectivity index (χ3v) is 2.96. The van der Waals surface area contributed by atoms with Crippen LogP contribution in [0.15, 0.2) is 30.3 Å². The van der Waals surface area contributed by atoms with E-state index in [2.05, 4.69) is 29.2 Å². The van der Waals surface area contributed by atoms with Crippen molar-refractivity contribution < 1.29 is 0 Å². The molecule has 0 aromatic heterocycles. The van der Waals surface area contributed by atoms with Crippen LogP contribution in [-0.4, -0.2) is 23.8 Å². The fourth-order valence-electron chi connectivity index (χ4n) is 2.07. The van der Waals surface area contributed by atoms with Crippen molar-refractivity contribution in [3.05, 3.63) is 35.9 Å². The van der Waals surface area contributed by atoms with E-state index in [4.69, 9.17) is 11.1 Å². The van der Waals surface area contributed by atoms with E-state index < -0.39 is 0 Å². The van der Waals surface area contributed by atoms with Crippen molar-refractivity contribution in [3.63, 3.8) is 0 Å². The van der Waals surface area contributed by atoms with Crippen LogP contribution >= 0.6 is 12.4 Å². The van der Waals surface area contributed by atoms with E-state index >= 15 is 0 Å². The predicted molar refractivity (Wildman–Crippen MR) is 69.0 cm³/mol. The summed E-state index contributed by atoms with van der Waals surface area (Å²) in [7, 11) is 0. The molecule has 0 amide bonds. The summed E-state index contributed by atoms with van der Waals surface area (Å²) in [6.45, 7) is 2.97. The van der Waals surface area contributed by atoms with Crippen molar-refractivity contribution in [1.29, 1.82) is 5.41 Å². The molecule has 1 aromatic rings. The highest BCUT2D eigenvalue weighted by molar-refractivity contribution is 5.85. The monoisotopic (exact) mass is 239 g/mol. The topological polar surface area (TPSA) is 53.1 Å². The lowest BCUT2D eigenvalue weighted by Gasteiger charge is -2.15. The Morgan fingerprint density at radius 1 is 1.38 bits per heavy atom. The second kappa shape index (κ2) is 5.87. The molecule has 1 heterocycles. The number of hydrogen-bond acceptors (Lipinski definition) is 2. The van der Waals surface area contributed by atoms with Crippen LogP contribution in [0.5, 0.6) is 0 Å². The van der Waals surface area contributed by atoms with Crippen LogP contribution in [0.25, 0.3) is 0 Å². The molecule has 16 heavy (non-hydrogen) atoms. The lowest BCUT2D eigenvalue weighted by Crippen LogP contribution is -2.26. The number of nitrogens with one attached hydrogen (secondary N) is 1. The molecule has 2 rings (SSSR count). The highest BCUT2D eigenvalue weighted by Crippen LogP contribution is 2.18. The minimum absolute atomic E-state index is 0. The molecule has 1 fully saturated rings. The van der Waals surface area contributed by atoms with Gasteiger partial charge >= 0.3 is 0 Å². The quantitative estimate of drug-likeness (QED) is 0.625. The molecular weight excluding hydrogens is 222 g/mol. The zero-order valence-electron chi connectivity index (χ0n) is 9.23. The van der Waals surface area contributed by atoms with Gasteiger partial charge in [-0.3, -0.25) is 10.3 Å². The molecule has 1 saturated heterocycles. The first-order valence-corrected chi connectivity index (χ1v) is 5.36. The molecule has 1 atom stereocenters. The van der Waals surface area contributed by atoms with Crippen LogP contribution in [0.3, 0.4) is 0 Å². The summed E-state index contributed by atoms with van der Waals surface area (Å²) >= 11 is 0.